The van der Waals surface area contributed by atoms with Crippen molar-refractivity contribution in [1.29, 1.82) is 0 Å². The van der Waals surface area contributed by atoms with Gasteiger partial charge in [0, 0.05) is 5.56 Å². The molecule has 0 aliphatic rings. The molecule has 5 N–H and O–H groups in total. The second-order valence-electron chi connectivity index (χ2n) is 5.46. The maximum atomic E-state index is 12.5. The van der Waals surface area contributed by atoms with E-state index in [1.165, 1.54) is 6.07 Å². The van der Waals surface area contributed by atoms with Gasteiger partial charge >= 0.3 is 0 Å². The lowest BCUT2D eigenvalue weighted by molar-refractivity contribution is 0.101. The van der Waals surface area contributed by atoms with E-state index >= 15 is 0 Å². The molecule has 3 aromatic rings. The smallest absolute Gasteiger partial charge is 0.238 e. The summed E-state index contributed by atoms with van der Waals surface area (Å²) in [6.45, 7) is 1.12. The quantitative estimate of drug-likeness (QED) is 0.312. The fourth-order valence-corrected chi connectivity index (χ4v) is 2.94. The van der Waals surface area contributed by atoms with Crippen LogP contribution in [0, 0.1) is 0 Å². The van der Waals surface area contributed by atoms with Crippen LogP contribution in [0.25, 0.3) is 22.3 Å². The summed E-state index contributed by atoms with van der Waals surface area (Å²) in [6, 6.07) is 3.40. The van der Waals surface area contributed by atoms with Gasteiger partial charge in [0.15, 0.2) is 28.6 Å². The molecule has 0 amide bonds. The lowest BCUT2D eigenvalue weighted by Gasteiger charge is -2.12. The first-order chi connectivity index (χ1) is 12.1. The Hall–Kier alpha value is -3.20. The molecule has 9 heteroatoms. The van der Waals surface area contributed by atoms with Gasteiger partial charge in [0.05, 0.1) is 0 Å². The van der Waals surface area contributed by atoms with Gasteiger partial charge < -0.3 is 29.9 Å². The number of hydrogen-bond donors (Lipinski definition) is 5. The van der Waals surface area contributed by atoms with Crippen molar-refractivity contribution in [2.45, 2.75) is 6.92 Å². The maximum Gasteiger partial charge on any atom is 0.238 e. The van der Waals surface area contributed by atoms with Crippen LogP contribution < -0.4 is 5.43 Å². The predicted octanol–water partition coefficient (Wildman–Crippen LogP) is 2.95. The number of benzene rings is 2. The molecule has 0 unspecified atom stereocenters. The number of carbonyl (C=O) groups is 1. The number of ketones is 1. The van der Waals surface area contributed by atoms with E-state index in [1.54, 1.807) is 0 Å². The van der Waals surface area contributed by atoms with Crippen molar-refractivity contribution in [1.82, 2.24) is 0 Å². The van der Waals surface area contributed by atoms with Crippen molar-refractivity contribution in [3.63, 3.8) is 0 Å². The first-order valence-corrected chi connectivity index (χ1v) is 7.90. The van der Waals surface area contributed by atoms with Gasteiger partial charge in [0.2, 0.25) is 11.2 Å². The molecule has 3 rings (SSSR count). The van der Waals surface area contributed by atoms with Crippen LogP contribution in [0.15, 0.2) is 31.9 Å². The number of fused-ring (bicyclic) bond motifs is 1. The lowest BCUT2D eigenvalue weighted by atomic mass is 10.0. The number of Topliss-reactive ketones (excluding diaryl/α,β-unsaturated/α-hetero) is 1. The Labute approximate surface area is 153 Å². The first-order valence-electron chi connectivity index (χ1n) is 7.11. The molecule has 2 aromatic carbocycles. The van der Waals surface area contributed by atoms with E-state index in [2.05, 4.69) is 15.9 Å². The molecule has 0 fully saturated rings. The predicted molar refractivity (Wildman–Crippen MR) is 93.9 cm³/mol. The Morgan fingerprint density at radius 2 is 1.65 bits per heavy atom. The zero-order valence-corrected chi connectivity index (χ0v) is 14.7. The fraction of sp³-hybridized carbons (Fsp3) is 0.0588. The van der Waals surface area contributed by atoms with E-state index in [9.17, 15) is 35.1 Å². The van der Waals surface area contributed by atoms with Crippen molar-refractivity contribution >= 4 is 32.7 Å². The molecule has 0 spiro atoms. The van der Waals surface area contributed by atoms with E-state index in [1.807, 2.05) is 0 Å². The van der Waals surface area contributed by atoms with Gasteiger partial charge in [-0.25, -0.2) is 0 Å². The number of phenolic OH excluding ortho intramolecular Hbond substituents is 4. The van der Waals surface area contributed by atoms with Gasteiger partial charge in [-0.15, -0.1) is 0 Å². The summed E-state index contributed by atoms with van der Waals surface area (Å²) in [7, 11) is 0. The largest absolute Gasteiger partial charge is 0.506 e. The Morgan fingerprint density at radius 1 is 1.00 bits per heavy atom. The van der Waals surface area contributed by atoms with Crippen molar-refractivity contribution in [2.24, 2.45) is 0 Å². The Morgan fingerprint density at radius 3 is 2.23 bits per heavy atom. The highest BCUT2D eigenvalue weighted by Gasteiger charge is 2.27. The number of hydrogen-bond acceptors (Lipinski definition) is 8. The number of halogens is 1. The number of rotatable bonds is 2. The molecule has 0 atom stereocenters. The van der Waals surface area contributed by atoms with Crippen LogP contribution in [0.5, 0.6) is 28.7 Å². The van der Waals surface area contributed by atoms with E-state index in [4.69, 9.17) is 4.42 Å². The minimum absolute atomic E-state index is 0.0215. The molecule has 0 aliphatic carbocycles. The molecule has 1 aromatic heterocycles. The second-order valence-corrected chi connectivity index (χ2v) is 6.25. The zero-order valence-electron chi connectivity index (χ0n) is 13.1. The minimum atomic E-state index is -1.05. The van der Waals surface area contributed by atoms with Gasteiger partial charge in [0.1, 0.15) is 26.9 Å². The summed E-state index contributed by atoms with van der Waals surface area (Å²) < 4.78 is 5.16. The first kappa shape index (κ1) is 17.6. The number of phenols is 4. The molecule has 0 saturated heterocycles. The van der Waals surface area contributed by atoms with Crippen LogP contribution >= 0.6 is 15.9 Å². The Kier molecular flexibility index (Phi) is 4.03. The van der Waals surface area contributed by atoms with E-state index in [0.717, 1.165) is 19.1 Å². The summed E-state index contributed by atoms with van der Waals surface area (Å²) >= 11 is 2.88. The van der Waals surface area contributed by atoms with Gasteiger partial charge in [-0.1, -0.05) is 0 Å². The second kappa shape index (κ2) is 5.95. The SMILES string of the molecule is CC(=O)c1c(O)c(Br)c(O)c2c(=O)c(O)c(-c3ccc(O)c(O)c3)oc12. The van der Waals surface area contributed by atoms with Crippen LogP contribution in [0.2, 0.25) is 0 Å². The van der Waals surface area contributed by atoms with Crippen molar-refractivity contribution < 1.29 is 34.7 Å². The minimum Gasteiger partial charge on any atom is -0.506 e. The van der Waals surface area contributed by atoms with Crippen LogP contribution in [0.1, 0.15) is 17.3 Å². The van der Waals surface area contributed by atoms with Gasteiger partial charge in [-0.2, -0.15) is 0 Å². The maximum absolute atomic E-state index is 12.5. The third-order valence-corrected chi connectivity index (χ3v) is 4.55. The van der Waals surface area contributed by atoms with Gasteiger partial charge in [0.25, 0.3) is 0 Å². The van der Waals surface area contributed by atoms with Crippen LogP contribution in [0.4, 0.5) is 0 Å². The zero-order chi connectivity index (χ0) is 19.3. The third-order valence-electron chi connectivity index (χ3n) is 3.79. The highest BCUT2D eigenvalue weighted by molar-refractivity contribution is 9.10. The molecule has 1 heterocycles. The van der Waals surface area contributed by atoms with Crippen molar-refractivity contribution in [3.05, 3.63) is 38.5 Å². The molecule has 0 aliphatic heterocycles. The molecule has 0 radical (unpaired) electrons. The summed E-state index contributed by atoms with van der Waals surface area (Å²) in [4.78, 5) is 24.5. The Bertz CT molecular complexity index is 1150. The molecule has 134 valence electrons. The monoisotopic (exact) mass is 422 g/mol. The van der Waals surface area contributed by atoms with E-state index < -0.39 is 56.7 Å². The Balaban J connectivity index is 2.52. The van der Waals surface area contributed by atoms with Crippen molar-refractivity contribution in [3.8, 4) is 40.1 Å². The third kappa shape index (κ3) is 2.44. The molecule has 8 nitrogen and oxygen atoms in total. The van der Waals surface area contributed by atoms with E-state index in [0.29, 0.717) is 0 Å². The standard InChI is InChI=1S/C17H11BrO8/c1-5(19)9-12(22)11(18)13(23)10-14(24)15(25)16(26-17(9)10)6-2-3-7(20)8(21)4-6/h2-4,20-23,25H,1H3. The van der Waals surface area contributed by atoms with Gasteiger partial charge in [-0.05, 0) is 41.1 Å². The van der Waals surface area contributed by atoms with Gasteiger partial charge in [-0.3, -0.25) is 9.59 Å². The summed E-state index contributed by atoms with van der Waals surface area (Å²) in [5, 5.41) is 49.0. The molecule has 0 saturated carbocycles. The molecular weight excluding hydrogens is 412 g/mol. The van der Waals surface area contributed by atoms with Crippen LogP contribution in [0.3, 0.4) is 0 Å². The fourth-order valence-electron chi connectivity index (χ4n) is 2.54. The summed E-state index contributed by atoms with van der Waals surface area (Å²) in [5.74, 6) is -4.24. The van der Waals surface area contributed by atoms with Crippen molar-refractivity contribution in [2.75, 3.05) is 0 Å². The lowest BCUT2D eigenvalue weighted by Crippen LogP contribution is -2.07. The van der Waals surface area contributed by atoms with Crippen LogP contribution in [-0.2, 0) is 0 Å². The molecule has 26 heavy (non-hydrogen) atoms. The number of aromatic hydroxyl groups is 5. The highest BCUT2D eigenvalue weighted by atomic mass is 79.9. The topological polar surface area (TPSA) is 148 Å². The normalized spacial score (nSPS) is 11.0. The average Bonchev–Trinajstić information content (AvgIpc) is 2.58. The van der Waals surface area contributed by atoms with E-state index in [-0.39, 0.29) is 15.6 Å². The highest BCUT2D eigenvalue weighted by Crippen LogP contribution is 2.45. The molecular formula is C17H11BrO8. The van der Waals surface area contributed by atoms with Crippen LogP contribution in [-0.4, -0.2) is 31.3 Å². The average molecular weight is 423 g/mol. The summed E-state index contributed by atoms with van der Waals surface area (Å²) in [6.07, 6.45) is 0. The number of carbonyl (C=O) groups excluding carboxylic acids is 1. The molecule has 0 bridgehead atoms. The summed E-state index contributed by atoms with van der Waals surface area (Å²) in [5.41, 5.74) is -1.82.